The molecule has 2 aliphatic rings. The van der Waals surface area contributed by atoms with Crippen molar-refractivity contribution in [3.8, 4) is 0 Å². The molecule has 152 valence electrons. The van der Waals surface area contributed by atoms with Crippen molar-refractivity contribution >= 4 is 27.8 Å². The lowest BCUT2D eigenvalue weighted by atomic mass is 9.92. The van der Waals surface area contributed by atoms with Crippen molar-refractivity contribution in [2.45, 2.75) is 18.7 Å². The van der Waals surface area contributed by atoms with Crippen LogP contribution < -0.4 is 0 Å². The summed E-state index contributed by atoms with van der Waals surface area (Å²) in [5, 5.41) is 0. The number of carbonyl (C=O) groups is 1. The highest BCUT2D eigenvalue weighted by Gasteiger charge is 2.32. The number of hydrogen-bond donors (Lipinski definition) is 0. The summed E-state index contributed by atoms with van der Waals surface area (Å²) < 4.78 is 46.0. The second-order valence-corrected chi connectivity index (χ2v) is 8.28. The number of esters is 1. The van der Waals surface area contributed by atoms with Gasteiger partial charge in [0.05, 0.1) is 16.8 Å². The molecule has 1 aromatic carbocycles. The van der Waals surface area contributed by atoms with E-state index in [2.05, 4.69) is 4.98 Å². The van der Waals surface area contributed by atoms with E-state index >= 15 is 0 Å². The predicted molar refractivity (Wildman–Crippen MR) is 107 cm³/mol. The van der Waals surface area contributed by atoms with Gasteiger partial charge >= 0.3 is 12.1 Å². The van der Waals surface area contributed by atoms with Crippen molar-refractivity contribution in [3.05, 3.63) is 88.7 Å². The Labute approximate surface area is 173 Å². The molecule has 0 unspecified atom stereocenters. The number of hydrogen-bond acceptors (Lipinski definition) is 4. The average molecular weight is 428 g/mol. The average Bonchev–Trinajstić information content (AvgIpc) is 3.25. The molecule has 0 saturated heterocycles. The van der Waals surface area contributed by atoms with Crippen LogP contribution in [-0.4, -0.2) is 21.5 Å². The first-order valence-electron chi connectivity index (χ1n) is 9.28. The number of rotatable bonds is 3. The molecule has 3 heterocycles. The van der Waals surface area contributed by atoms with E-state index in [1.807, 2.05) is 36.6 Å². The number of carbonyl (C=O) groups excluding carboxylic acids is 1. The Bertz CT molecular complexity index is 1200. The Hall–Kier alpha value is -3.13. The molecule has 30 heavy (non-hydrogen) atoms. The standard InChI is InChI=1S/C22H15F3N2O2S/c23-22(24,25)15-6-3-4-13(8-15)9-16-11-27-12-18(26-21(27)30-16)17-10-14-5-1-2-7-19(14)29-20(17)28/h1-8,10-12,14,19H,9H2/t14-,19-/m1/s1. The van der Waals surface area contributed by atoms with Crippen molar-refractivity contribution in [2.75, 3.05) is 0 Å². The van der Waals surface area contributed by atoms with Gasteiger partial charge < -0.3 is 4.74 Å². The van der Waals surface area contributed by atoms with Gasteiger partial charge in [-0.3, -0.25) is 4.40 Å². The van der Waals surface area contributed by atoms with E-state index in [4.69, 9.17) is 4.74 Å². The van der Waals surface area contributed by atoms with Gasteiger partial charge in [0.25, 0.3) is 0 Å². The number of allylic oxidation sites excluding steroid dienone is 2. The first-order chi connectivity index (χ1) is 14.4. The minimum absolute atomic E-state index is 0.0149. The van der Waals surface area contributed by atoms with Crippen LogP contribution in [0.2, 0.25) is 0 Å². The van der Waals surface area contributed by atoms with Gasteiger partial charge in [0.15, 0.2) is 4.96 Å². The zero-order chi connectivity index (χ0) is 20.9. The number of ether oxygens (including phenoxy) is 1. The fourth-order valence-electron chi connectivity index (χ4n) is 3.62. The third-order valence-electron chi connectivity index (χ3n) is 5.06. The van der Waals surface area contributed by atoms with Crippen molar-refractivity contribution in [1.29, 1.82) is 0 Å². The molecule has 0 N–H and O–H groups in total. The highest BCUT2D eigenvalue weighted by molar-refractivity contribution is 7.17. The van der Waals surface area contributed by atoms with Crippen LogP contribution >= 0.6 is 11.3 Å². The van der Waals surface area contributed by atoms with Crippen LogP contribution in [0.25, 0.3) is 10.5 Å². The maximum atomic E-state index is 12.9. The van der Waals surface area contributed by atoms with Gasteiger partial charge in [-0.05, 0) is 17.7 Å². The van der Waals surface area contributed by atoms with Crippen LogP contribution in [0.15, 0.2) is 67.0 Å². The van der Waals surface area contributed by atoms with Gasteiger partial charge in [-0.15, -0.1) is 11.3 Å². The fraction of sp³-hybridized carbons (Fsp3) is 0.182. The monoisotopic (exact) mass is 428 g/mol. The van der Waals surface area contributed by atoms with Crippen LogP contribution in [0, 0.1) is 5.92 Å². The number of halogens is 3. The topological polar surface area (TPSA) is 43.6 Å². The Morgan fingerprint density at radius 3 is 2.80 bits per heavy atom. The number of nitrogens with zero attached hydrogens (tertiary/aromatic N) is 2. The Morgan fingerprint density at radius 2 is 2.00 bits per heavy atom. The third kappa shape index (κ3) is 3.47. The van der Waals surface area contributed by atoms with Crippen LogP contribution in [-0.2, 0) is 22.1 Å². The van der Waals surface area contributed by atoms with Gasteiger partial charge in [-0.25, -0.2) is 9.78 Å². The van der Waals surface area contributed by atoms with Crippen LogP contribution in [0.4, 0.5) is 13.2 Å². The van der Waals surface area contributed by atoms with E-state index < -0.39 is 17.7 Å². The quantitative estimate of drug-likeness (QED) is 0.548. The molecule has 2 aromatic heterocycles. The van der Waals surface area contributed by atoms with Crippen molar-refractivity contribution in [2.24, 2.45) is 5.92 Å². The number of imidazole rings is 1. The lowest BCUT2D eigenvalue weighted by Crippen LogP contribution is -2.29. The Morgan fingerprint density at radius 1 is 1.17 bits per heavy atom. The molecular formula is C22H15F3N2O2S. The summed E-state index contributed by atoms with van der Waals surface area (Å²) in [6.45, 7) is 0. The maximum Gasteiger partial charge on any atom is 0.416 e. The zero-order valence-corrected chi connectivity index (χ0v) is 16.3. The fourth-order valence-corrected chi connectivity index (χ4v) is 4.62. The summed E-state index contributed by atoms with van der Waals surface area (Å²) in [7, 11) is 0. The Balaban J connectivity index is 1.40. The van der Waals surface area contributed by atoms with E-state index in [0.717, 1.165) is 10.9 Å². The number of alkyl halides is 3. The second-order valence-electron chi connectivity index (χ2n) is 7.19. The van der Waals surface area contributed by atoms with Crippen molar-refractivity contribution < 1.29 is 22.7 Å². The summed E-state index contributed by atoms with van der Waals surface area (Å²) in [6.07, 6.45) is 8.77. The molecule has 0 spiro atoms. The molecule has 1 aliphatic heterocycles. The van der Waals surface area contributed by atoms with E-state index in [9.17, 15) is 18.0 Å². The second kappa shape index (κ2) is 6.98. The molecule has 0 bridgehead atoms. The smallest absolute Gasteiger partial charge is 0.416 e. The van der Waals surface area contributed by atoms with Crippen molar-refractivity contribution in [1.82, 2.24) is 9.38 Å². The SMILES string of the molecule is O=C1O[C@@H]2C=CC=C[C@@H]2C=C1c1cn2cc(Cc3cccc(C(F)(F)F)c3)sc2n1. The van der Waals surface area contributed by atoms with Gasteiger partial charge in [-0.1, -0.05) is 42.5 Å². The molecule has 3 aromatic rings. The molecule has 8 heteroatoms. The highest BCUT2D eigenvalue weighted by Crippen LogP contribution is 2.32. The molecule has 2 atom stereocenters. The summed E-state index contributed by atoms with van der Waals surface area (Å²) in [6, 6.07) is 5.32. The summed E-state index contributed by atoms with van der Waals surface area (Å²) in [5.74, 6) is -0.426. The minimum Gasteiger partial charge on any atom is -0.454 e. The van der Waals surface area contributed by atoms with Crippen molar-refractivity contribution in [3.63, 3.8) is 0 Å². The van der Waals surface area contributed by atoms with Gasteiger partial charge in [0, 0.05) is 29.6 Å². The van der Waals surface area contributed by atoms with Crippen LogP contribution in [0.5, 0.6) is 0 Å². The molecule has 4 nitrogen and oxygen atoms in total. The van der Waals surface area contributed by atoms with E-state index in [1.165, 1.54) is 23.5 Å². The molecule has 0 fully saturated rings. The first kappa shape index (κ1) is 18.9. The van der Waals surface area contributed by atoms with E-state index in [-0.39, 0.29) is 12.0 Å². The lowest BCUT2D eigenvalue weighted by molar-refractivity contribution is -0.141. The zero-order valence-electron chi connectivity index (χ0n) is 15.5. The first-order valence-corrected chi connectivity index (χ1v) is 10.1. The van der Waals surface area contributed by atoms with Crippen LogP contribution in [0.1, 0.15) is 21.7 Å². The molecular weight excluding hydrogens is 413 g/mol. The maximum absolute atomic E-state index is 12.9. The molecule has 1 aliphatic carbocycles. The number of benzene rings is 1. The molecule has 0 amide bonds. The molecule has 5 rings (SSSR count). The predicted octanol–water partition coefficient (Wildman–Crippen LogP) is 5.06. The van der Waals surface area contributed by atoms with E-state index in [1.54, 1.807) is 16.7 Å². The summed E-state index contributed by atoms with van der Waals surface area (Å²) in [4.78, 5) is 18.5. The van der Waals surface area contributed by atoms with E-state index in [0.29, 0.717) is 28.2 Å². The normalized spacial score (nSPS) is 20.9. The minimum atomic E-state index is -4.36. The number of fused-ring (bicyclic) bond motifs is 2. The molecule has 0 saturated carbocycles. The lowest BCUT2D eigenvalue weighted by Gasteiger charge is -2.26. The van der Waals surface area contributed by atoms with Crippen LogP contribution in [0.3, 0.4) is 0 Å². The number of aromatic nitrogens is 2. The third-order valence-corrected chi connectivity index (χ3v) is 6.06. The largest absolute Gasteiger partial charge is 0.454 e. The van der Waals surface area contributed by atoms with Gasteiger partial charge in [-0.2, -0.15) is 13.2 Å². The summed E-state index contributed by atoms with van der Waals surface area (Å²) >= 11 is 1.38. The van der Waals surface area contributed by atoms with Gasteiger partial charge in [0.1, 0.15) is 6.10 Å². The van der Waals surface area contributed by atoms with Gasteiger partial charge in [0.2, 0.25) is 0 Å². The summed E-state index contributed by atoms with van der Waals surface area (Å²) in [5.41, 5.74) is 0.873. The molecule has 0 radical (unpaired) electrons. The number of thiazole rings is 1. The Kier molecular flexibility index (Phi) is 4.39. The highest BCUT2D eigenvalue weighted by atomic mass is 32.1.